The molecule has 2 N–H and O–H groups in total. The third-order valence-corrected chi connectivity index (χ3v) is 7.21. The monoisotopic (exact) mass is 477 g/mol. The molecule has 0 saturated carbocycles. The third-order valence-electron chi connectivity index (χ3n) is 7.21. The van der Waals surface area contributed by atoms with E-state index in [-0.39, 0.29) is 41.5 Å². The molecule has 2 fully saturated rings. The normalized spacial score (nSPS) is 17.1. The average molecular weight is 478 g/mol. The van der Waals surface area contributed by atoms with Gasteiger partial charge in [0.05, 0.1) is 30.3 Å². The Bertz CT molecular complexity index is 1310. The molecule has 2 saturated heterocycles. The number of aromatic amines is 1. The molecular formula is C25H27N5O5. The summed E-state index contributed by atoms with van der Waals surface area (Å²) in [7, 11) is 0. The SMILES string of the molecule is O=C(NCC(=O)N1CCC2(CC1)CCN(C(=O)Cc1n[nH]c(=O)c3ccccc13)C2)c1ccco1. The molecular weight excluding hydrogens is 450 g/mol. The fraction of sp³-hybridized carbons (Fsp3) is 0.400. The summed E-state index contributed by atoms with van der Waals surface area (Å²) in [6, 6.07) is 10.3. The van der Waals surface area contributed by atoms with Crippen LogP contribution in [0.25, 0.3) is 10.8 Å². The first-order valence-corrected chi connectivity index (χ1v) is 11.8. The largest absolute Gasteiger partial charge is 0.459 e. The summed E-state index contributed by atoms with van der Waals surface area (Å²) in [5.74, 6) is -0.366. The summed E-state index contributed by atoms with van der Waals surface area (Å²) in [5, 5.41) is 10.4. The fourth-order valence-electron chi connectivity index (χ4n) is 5.11. The van der Waals surface area contributed by atoms with E-state index in [0.29, 0.717) is 42.6 Å². The maximum atomic E-state index is 13.1. The van der Waals surface area contributed by atoms with Crippen LogP contribution in [0.4, 0.5) is 0 Å². The van der Waals surface area contributed by atoms with Crippen molar-refractivity contribution < 1.29 is 18.8 Å². The van der Waals surface area contributed by atoms with Gasteiger partial charge < -0.3 is 19.5 Å². The van der Waals surface area contributed by atoms with Crippen molar-refractivity contribution >= 4 is 28.5 Å². The van der Waals surface area contributed by atoms with Crippen LogP contribution >= 0.6 is 0 Å². The van der Waals surface area contributed by atoms with Gasteiger partial charge in [-0.2, -0.15) is 5.10 Å². The summed E-state index contributed by atoms with van der Waals surface area (Å²) >= 11 is 0. The third kappa shape index (κ3) is 4.68. The van der Waals surface area contributed by atoms with Gasteiger partial charge in [-0.15, -0.1) is 0 Å². The molecule has 2 aromatic heterocycles. The highest BCUT2D eigenvalue weighted by Gasteiger charge is 2.42. The molecule has 10 nitrogen and oxygen atoms in total. The molecule has 4 heterocycles. The Morgan fingerprint density at radius 2 is 1.69 bits per heavy atom. The number of hydrogen-bond acceptors (Lipinski definition) is 6. The van der Waals surface area contributed by atoms with E-state index >= 15 is 0 Å². The van der Waals surface area contributed by atoms with Crippen molar-refractivity contribution in [2.24, 2.45) is 5.41 Å². The molecule has 0 aliphatic carbocycles. The number of amides is 3. The second-order valence-electron chi connectivity index (χ2n) is 9.33. The molecule has 0 unspecified atom stereocenters. The Balaban J connectivity index is 1.14. The average Bonchev–Trinajstić information content (AvgIpc) is 3.56. The Morgan fingerprint density at radius 1 is 0.971 bits per heavy atom. The number of nitrogens with one attached hydrogen (secondary N) is 2. The van der Waals surface area contributed by atoms with Crippen molar-refractivity contribution in [1.82, 2.24) is 25.3 Å². The van der Waals surface area contributed by atoms with Gasteiger partial charge in [0, 0.05) is 31.6 Å². The number of fused-ring (bicyclic) bond motifs is 1. The van der Waals surface area contributed by atoms with Gasteiger partial charge in [0.15, 0.2) is 5.76 Å². The topological polar surface area (TPSA) is 129 Å². The molecule has 0 atom stereocenters. The number of H-pyrrole nitrogens is 1. The first-order valence-electron chi connectivity index (χ1n) is 11.8. The number of rotatable bonds is 5. The Kier molecular flexibility index (Phi) is 6.10. The lowest BCUT2D eigenvalue weighted by Gasteiger charge is -2.39. The van der Waals surface area contributed by atoms with Gasteiger partial charge in [0.25, 0.3) is 11.5 Å². The number of benzene rings is 1. The highest BCUT2D eigenvalue weighted by molar-refractivity contribution is 5.94. The number of aromatic nitrogens is 2. The van der Waals surface area contributed by atoms with E-state index in [1.807, 2.05) is 17.0 Å². The standard InChI is InChI=1S/C25H27N5O5/c31-21(14-19-17-4-1-2-5-18(17)23(33)28-27-19)30-12-9-25(16-30)7-10-29(11-8-25)22(32)15-26-24(34)20-6-3-13-35-20/h1-6,13H,7-12,14-16H2,(H,26,34)(H,28,33). The first-order chi connectivity index (χ1) is 16.9. The van der Waals surface area contributed by atoms with Crippen LogP contribution in [0.2, 0.25) is 0 Å². The van der Waals surface area contributed by atoms with Crippen LogP contribution in [-0.4, -0.2) is 70.4 Å². The molecule has 0 radical (unpaired) electrons. The van der Waals surface area contributed by atoms with E-state index < -0.39 is 5.91 Å². The summed E-state index contributed by atoms with van der Waals surface area (Å²) in [4.78, 5) is 53.3. The second-order valence-corrected chi connectivity index (χ2v) is 9.33. The minimum absolute atomic E-state index is 0.00432. The van der Waals surface area contributed by atoms with Crippen molar-refractivity contribution in [1.29, 1.82) is 0 Å². The minimum atomic E-state index is -0.411. The molecule has 2 aliphatic rings. The number of furan rings is 1. The lowest BCUT2D eigenvalue weighted by molar-refractivity contribution is -0.133. The molecule has 5 rings (SSSR count). The summed E-state index contributed by atoms with van der Waals surface area (Å²) in [5.41, 5.74) is 0.312. The zero-order chi connectivity index (χ0) is 24.4. The van der Waals surface area contributed by atoms with Gasteiger partial charge >= 0.3 is 0 Å². The quantitative estimate of drug-likeness (QED) is 0.571. The number of piperidine rings is 1. The van der Waals surface area contributed by atoms with Crippen molar-refractivity contribution in [3.8, 4) is 0 Å². The highest BCUT2D eigenvalue weighted by atomic mass is 16.3. The van der Waals surface area contributed by atoms with E-state index in [0.717, 1.165) is 19.3 Å². The van der Waals surface area contributed by atoms with E-state index in [1.165, 1.54) is 6.26 Å². The van der Waals surface area contributed by atoms with E-state index in [1.54, 1.807) is 29.2 Å². The lowest BCUT2D eigenvalue weighted by Crippen LogP contribution is -2.47. The van der Waals surface area contributed by atoms with Gasteiger partial charge in [-0.3, -0.25) is 19.2 Å². The minimum Gasteiger partial charge on any atom is -0.459 e. The van der Waals surface area contributed by atoms with Crippen molar-refractivity contribution in [3.63, 3.8) is 0 Å². The van der Waals surface area contributed by atoms with Gasteiger partial charge in [0.1, 0.15) is 0 Å². The molecule has 0 bridgehead atoms. The summed E-state index contributed by atoms with van der Waals surface area (Å²) < 4.78 is 5.04. The van der Waals surface area contributed by atoms with Crippen LogP contribution in [0.15, 0.2) is 51.9 Å². The van der Waals surface area contributed by atoms with Gasteiger partial charge in [0.2, 0.25) is 11.8 Å². The van der Waals surface area contributed by atoms with Crippen LogP contribution in [0.3, 0.4) is 0 Å². The number of carbonyl (C=O) groups is 3. The molecule has 35 heavy (non-hydrogen) atoms. The molecule has 3 aromatic rings. The van der Waals surface area contributed by atoms with Crippen LogP contribution < -0.4 is 10.9 Å². The number of hydrogen-bond donors (Lipinski definition) is 2. The molecule has 2 aliphatic heterocycles. The smallest absolute Gasteiger partial charge is 0.287 e. The Morgan fingerprint density at radius 3 is 2.40 bits per heavy atom. The van der Waals surface area contributed by atoms with E-state index in [2.05, 4.69) is 15.5 Å². The number of carbonyl (C=O) groups excluding carboxylic acids is 3. The molecule has 1 spiro atoms. The van der Waals surface area contributed by atoms with Crippen molar-refractivity contribution in [2.75, 3.05) is 32.7 Å². The number of likely N-dealkylation sites (tertiary alicyclic amines) is 2. The van der Waals surface area contributed by atoms with Gasteiger partial charge in [-0.1, -0.05) is 18.2 Å². The molecule has 1 aromatic carbocycles. The molecule has 10 heteroatoms. The lowest BCUT2D eigenvalue weighted by atomic mass is 9.78. The van der Waals surface area contributed by atoms with Crippen molar-refractivity contribution in [3.05, 3.63) is 64.5 Å². The molecule has 182 valence electrons. The summed E-state index contributed by atoms with van der Waals surface area (Å²) in [6.45, 7) is 2.46. The van der Waals surface area contributed by atoms with Crippen LogP contribution in [0, 0.1) is 5.41 Å². The zero-order valence-electron chi connectivity index (χ0n) is 19.3. The maximum Gasteiger partial charge on any atom is 0.287 e. The van der Waals surface area contributed by atoms with Crippen LogP contribution in [0.5, 0.6) is 0 Å². The first kappa shape index (κ1) is 22.8. The Labute approximate surface area is 201 Å². The predicted molar refractivity (Wildman–Crippen MR) is 127 cm³/mol. The Hall–Kier alpha value is -3.95. The van der Waals surface area contributed by atoms with Crippen molar-refractivity contribution in [2.45, 2.75) is 25.7 Å². The highest BCUT2D eigenvalue weighted by Crippen LogP contribution is 2.40. The zero-order valence-corrected chi connectivity index (χ0v) is 19.3. The maximum absolute atomic E-state index is 13.1. The molecule has 3 amide bonds. The van der Waals surface area contributed by atoms with Gasteiger partial charge in [-0.25, -0.2) is 5.10 Å². The van der Waals surface area contributed by atoms with E-state index in [9.17, 15) is 19.2 Å². The fourth-order valence-corrected chi connectivity index (χ4v) is 5.11. The van der Waals surface area contributed by atoms with Crippen LogP contribution in [0.1, 0.15) is 35.5 Å². The number of nitrogens with zero attached hydrogens (tertiary/aromatic N) is 3. The van der Waals surface area contributed by atoms with Crippen LogP contribution in [-0.2, 0) is 16.0 Å². The van der Waals surface area contributed by atoms with E-state index in [4.69, 9.17) is 4.42 Å². The van der Waals surface area contributed by atoms with Gasteiger partial charge in [-0.05, 0) is 42.9 Å². The predicted octanol–water partition coefficient (Wildman–Crippen LogP) is 1.33. The second kappa shape index (κ2) is 9.36. The summed E-state index contributed by atoms with van der Waals surface area (Å²) in [6.07, 6.45) is 4.07.